The number of benzene rings is 2. The van der Waals surface area contributed by atoms with Gasteiger partial charge in [-0.1, -0.05) is 51.0 Å². The van der Waals surface area contributed by atoms with Crippen LogP contribution in [0.2, 0.25) is 0 Å². The Morgan fingerprint density at radius 2 is 1.27 bits per heavy atom. The number of isocyanates is 1. The van der Waals surface area contributed by atoms with Crippen LogP contribution in [0.5, 0.6) is 12.0 Å². The van der Waals surface area contributed by atoms with E-state index in [9.17, 15) is 24.0 Å². The van der Waals surface area contributed by atoms with E-state index in [2.05, 4.69) is 59.4 Å². The molecule has 0 radical (unpaired) electrons. The van der Waals surface area contributed by atoms with Gasteiger partial charge in [-0.2, -0.15) is 24.9 Å². The predicted molar refractivity (Wildman–Crippen MR) is 234 cm³/mol. The van der Waals surface area contributed by atoms with E-state index < -0.39 is 6.04 Å². The monoisotopic (exact) mass is 852 g/mol. The van der Waals surface area contributed by atoms with Crippen molar-refractivity contribution < 1.29 is 23.9 Å². The molecule has 21 nitrogen and oxygen atoms in total. The van der Waals surface area contributed by atoms with Gasteiger partial charge in [0.15, 0.2) is 22.9 Å². The lowest BCUT2D eigenvalue weighted by atomic mass is 10.1. The number of carbonyl (C=O) groups excluding carboxylic acids is 3. The molecule has 62 heavy (non-hydrogen) atoms. The smallest absolute Gasteiger partial charge is 0.328 e. The molecule has 10 N–H and O–H groups in total. The summed E-state index contributed by atoms with van der Waals surface area (Å²) in [6.45, 7) is 7.53. The summed E-state index contributed by atoms with van der Waals surface area (Å²) in [6.07, 6.45) is 7.25. The van der Waals surface area contributed by atoms with Crippen molar-refractivity contribution in [1.82, 2.24) is 44.4 Å². The molecule has 0 fully saturated rings. The van der Waals surface area contributed by atoms with E-state index in [0.29, 0.717) is 59.9 Å². The van der Waals surface area contributed by atoms with Gasteiger partial charge in [0.25, 0.3) is 0 Å². The number of fused-ring (bicyclic) bond motifs is 2. The maximum absolute atomic E-state index is 12.6. The number of H-pyrrole nitrogens is 2. The number of urea groups is 1. The predicted octanol–water partition coefficient (Wildman–Crippen LogP) is 4.03. The largest absolute Gasteiger partial charge is 0.463 e. The Labute approximate surface area is 355 Å². The first-order valence-corrected chi connectivity index (χ1v) is 20.2. The van der Waals surface area contributed by atoms with Crippen LogP contribution >= 0.6 is 0 Å². The van der Waals surface area contributed by atoms with Gasteiger partial charge in [-0.15, -0.1) is 0 Å². The molecule has 0 saturated heterocycles. The molecule has 6 aromatic rings. The number of ether oxygens (including phenoxy) is 2. The van der Waals surface area contributed by atoms with E-state index in [-0.39, 0.29) is 59.9 Å². The van der Waals surface area contributed by atoms with E-state index >= 15 is 0 Å². The fourth-order valence-corrected chi connectivity index (χ4v) is 5.96. The lowest BCUT2D eigenvalue weighted by molar-refractivity contribution is -0.118. The number of amides is 2. The molecule has 6 rings (SSSR count). The number of hydrogen-bond donors (Lipinski definition) is 7. The van der Waals surface area contributed by atoms with Crippen LogP contribution < -0.4 is 48.7 Å². The maximum Gasteiger partial charge on any atom is 0.328 e. The SMILES string of the molecule is CCCCOc1nc(N)c2[nH]c(=O)n(Cc3ccc(N=C=O)cc3)c2n1.CCCCOc1nc(N)c2[nH]c(=O)n(Cc3ccc(NC(=O)NCCCCC(N)C(C)=O)cc3)c2n1. The van der Waals surface area contributed by atoms with Gasteiger partial charge < -0.3 is 47.3 Å². The molecule has 0 saturated carbocycles. The fraction of sp³-hybridized carbons (Fsp3) is 0.390. The van der Waals surface area contributed by atoms with Crippen molar-refractivity contribution in [3.63, 3.8) is 0 Å². The van der Waals surface area contributed by atoms with Crippen LogP contribution in [0, 0.1) is 0 Å². The van der Waals surface area contributed by atoms with Crippen LogP contribution in [0.25, 0.3) is 22.3 Å². The Morgan fingerprint density at radius 1 is 0.774 bits per heavy atom. The average Bonchev–Trinajstić information content (AvgIpc) is 3.74. The van der Waals surface area contributed by atoms with Crippen molar-refractivity contribution >= 4 is 63.2 Å². The number of nitrogen functional groups attached to an aromatic ring is 2. The van der Waals surface area contributed by atoms with E-state index in [0.717, 1.165) is 49.7 Å². The minimum absolute atomic E-state index is 0.0303. The number of aromatic amines is 2. The van der Waals surface area contributed by atoms with Gasteiger partial charge in [-0.3, -0.25) is 13.9 Å². The fourth-order valence-electron chi connectivity index (χ4n) is 5.96. The highest BCUT2D eigenvalue weighted by Gasteiger charge is 2.17. The lowest BCUT2D eigenvalue weighted by Crippen LogP contribution is -2.30. The molecule has 1 atom stereocenters. The molecule has 0 spiro atoms. The van der Waals surface area contributed by atoms with Gasteiger partial charge in [-0.25, -0.2) is 19.2 Å². The van der Waals surface area contributed by atoms with Gasteiger partial charge in [0.1, 0.15) is 16.8 Å². The number of Topliss-reactive ketones (excluding diaryl/α,β-unsaturated/α-hetero) is 1. The number of aliphatic imine (C=N–C) groups is 1. The quantitative estimate of drug-likeness (QED) is 0.0324. The van der Waals surface area contributed by atoms with E-state index in [4.69, 9.17) is 26.7 Å². The first-order chi connectivity index (χ1) is 29.9. The first kappa shape index (κ1) is 45.7. The first-order valence-electron chi connectivity index (χ1n) is 20.2. The normalized spacial score (nSPS) is 11.4. The molecule has 4 aromatic heterocycles. The summed E-state index contributed by atoms with van der Waals surface area (Å²) in [6, 6.07) is 13.5. The van der Waals surface area contributed by atoms with E-state index in [1.165, 1.54) is 22.1 Å². The summed E-state index contributed by atoms with van der Waals surface area (Å²) < 4.78 is 14.0. The van der Waals surface area contributed by atoms with Crippen LogP contribution in [0.15, 0.2) is 63.1 Å². The van der Waals surface area contributed by atoms with Gasteiger partial charge in [0.05, 0.1) is 38.0 Å². The molecule has 0 aliphatic carbocycles. The van der Waals surface area contributed by atoms with Gasteiger partial charge >= 0.3 is 29.4 Å². The van der Waals surface area contributed by atoms with Crippen molar-refractivity contribution in [2.75, 3.05) is 36.5 Å². The Hall–Kier alpha value is -7.38. The van der Waals surface area contributed by atoms with Gasteiger partial charge in [0, 0.05) is 12.2 Å². The third kappa shape index (κ3) is 12.6. The molecular weight excluding hydrogens is 801 g/mol. The zero-order chi connectivity index (χ0) is 44.6. The van der Waals surface area contributed by atoms with Crippen LogP contribution in [0.1, 0.15) is 76.8 Å². The minimum atomic E-state index is -0.441. The molecule has 1 unspecified atom stereocenters. The van der Waals surface area contributed by atoms with Crippen molar-refractivity contribution in [2.45, 2.75) is 84.8 Å². The maximum atomic E-state index is 12.6. The zero-order valence-corrected chi connectivity index (χ0v) is 34.9. The summed E-state index contributed by atoms with van der Waals surface area (Å²) in [5, 5.41) is 5.55. The Kier molecular flexibility index (Phi) is 16.4. The molecule has 4 heterocycles. The molecule has 0 bridgehead atoms. The number of nitrogens with one attached hydrogen (secondary N) is 4. The number of aromatic nitrogens is 8. The number of carbonyl (C=O) groups is 2. The average molecular weight is 853 g/mol. The minimum Gasteiger partial charge on any atom is -0.463 e. The topological polar surface area (TPSA) is 311 Å². The van der Waals surface area contributed by atoms with Crippen molar-refractivity contribution in [3.8, 4) is 12.0 Å². The number of imidazole rings is 2. The number of anilines is 3. The Balaban J connectivity index is 0.000000246. The number of nitrogens with zero attached hydrogens (tertiary/aromatic N) is 7. The zero-order valence-electron chi connectivity index (χ0n) is 34.9. The summed E-state index contributed by atoms with van der Waals surface area (Å²) in [4.78, 5) is 84.2. The second-order valence-electron chi connectivity index (χ2n) is 14.3. The third-order valence-corrected chi connectivity index (χ3v) is 9.47. The Bertz CT molecular complexity index is 2610. The summed E-state index contributed by atoms with van der Waals surface area (Å²) in [7, 11) is 0. The summed E-state index contributed by atoms with van der Waals surface area (Å²) in [5.41, 5.74) is 21.2. The molecule has 0 aliphatic heterocycles. The molecular formula is C41H52N14O7. The third-order valence-electron chi connectivity index (χ3n) is 9.47. The number of hydrogen-bond acceptors (Lipinski definition) is 15. The van der Waals surface area contributed by atoms with E-state index in [1.54, 1.807) is 36.4 Å². The second-order valence-corrected chi connectivity index (χ2v) is 14.3. The lowest BCUT2D eigenvalue weighted by Gasteiger charge is -2.10. The highest BCUT2D eigenvalue weighted by molar-refractivity contribution is 5.89. The summed E-state index contributed by atoms with van der Waals surface area (Å²) in [5.74, 6) is 0.278. The second kappa shape index (κ2) is 22.3. The van der Waals surface area contributed by atoms with Gasteiger partial charge in [0.2, 0.25) is 6.08 Å². The van der Waals surface area contributed by atoms with Crippen LogP contribution in [-0.2, 0) is 22.7 Å². The molecule has 0 aliphatic rings. The Morgan fingerprint density at radius 3 is 1.74 bits per heavy atom. The van der Waals surface area contributed by atoms with E-state index in [1.807, 2.05) is 12.1 Å². The van der Waals surface area contributed by atoms with Crippen LogP contribution in [0.3, 0.4) is 0 Å². The van der Waals surface area contributed by atoms with Crippen molar-refractivity contribution in [3.05, 3.63) is 80.6 Å². The number of rotatable bonds is 20. The van der Waals surface area contributed by atoms with Crippen LogP contribution in [-0.4, -0.2) is 82.7 Å². The molecule has 2 aromatic carbocycles. The standard InChI is InChI=1S/C24H34N8O4.C17H18N6O3/c1-3-4-13-36-23-30-20(26)19-21(31-23)32(24(35)29-19)14-16-8-10-17(11-9-16)28-22(34)27-12-6-5-7-18(25)15(2)33;1-2-3-8-26-16-21-14(18)13-15(22-16)23(17(25)20-13)9-11-4-6-12(7-5-11)19-10-24/h8-11,18H,3-7,12-14,25H2,1-2H3,(H,29,35)(H2,26,30,31)(H2,27,28,34);4-7H,2-3,8-9H2,1H3,(H,20,25)(H2,18,21,22). The van der Waals surface area contributed by atoms with Crippen molar-refractivity contribution in [2.24, 2.45) is 10.7 Å². The number of unbranched alkanes of at least 4 members (excludes halogenated alkanes) is 3. The van der Waals surface area contributed by atoms with Crippen molar-refractivity contribution in [1.29, 1.82) is 0 Å². The summed E-state index contributed by atoms with van der Waals surface area (Å²) >= 11 is 0. The highest BCUT2D eigenvalue weighted by Crippen LogP contribution is 2.21. The highest BCUT2D eigenvalue weighted by atomic mass is 16.5. The number of nitrogens with two attached hydrogens (primary N) is 3. The van der Waals surface area contributed by atoms with Gasteiger partial charge in [-0.05, 0) is 74.4 Å². The molecule has 2 amide bonds. The number of ketones is 1. The molecule has 328 valence electrons. The molecule has 21 heteroatoms. The van der Waals surface area contributed by atoms with Crippen LogP contribution in [0.4, 0.5) is 27.8 Å².